The Morgan fingerprint density at radius 3 is 2.81 bits per heavy atom. The van der Waals surface area contributed by atoms with Crippen molar-refractivity contribution in [2.75, 3.05) is 13.1 Å². The Hall–Kier alpha value is -1.75. The van der Waals surface area contributed by atoms with Crippen LogP contribution in [0.4, 0.5) is 0 Å². The van der Waals surface area contributed by atoms with Crippen LogP contribution >= 0.6 is 11.5 Å². The number of rotatable bonds is 2. The van der Waals surface area contributed by atoms with E-state index in [1.165, 1.54) is 23.5 Å². The number of aromatic nitrogens is 2. The van der Waals surface area contributed by atoms with Gasteiger partial charge in [0.05, 0.1) is 4.88 Å². The number of nitrogens with zero attached hydrogens (tertiary/aromatic N) is 3. The molecular weight excluding hydrogens is 282 g/mol. The highest BCUT2D eigenvalue weighted by molar-refractivity contribution is 7.09. The van der Waals surface area contributed by atoms with Crippen molar-refractivity contribution in [1.82, 2.24) is 14.5 Å². The summed E-state index contributed by atoms with van der Waals surface area (Å²) in [5.41, 5.74) is 2.72. The minimum absolute atomic E-state index is 0.0193. The second-order valence-corrected chi connectivity index (χ2v) is 6.57. The molecule has 1 saturated heterocycles. The molecule has 1 amide bonds. The fraction of sp³-hybridized carbons (Fsp3) is 0.438. The molecule has 1 aromatic carbocycles. The Balaban J connectivity index is 1.88. The molecule has 0 aliphatic carbocycles. The predicted molar refractivity (Wildman–Crippen MR) is 84.4 cm³/mol. The molecule has 0 N–H and O–H groups in total. The van der Waals surface area contributed by atoms with Gasteiger partial charge in [0.2, 0.25) is 0 Å². The third-order valence-corrected chi connectivity index (χ3v) is 4.72. The number of carbonyl (C=O) groups is 1. The van der Waals surface area contributed by atoms with Crippen LogP contribution in [0, 0.1) is 12.8 Å². The standard InChI is InChI=1S/C16H19N3OS/c1-11-5-7-13(8-6-11)15-14(17-18-21-15)16(20)19-9-3-4-12(2)10-19/h5-8,12H,3-4,9-10H2,1-2H3. The normalized spacial score (nSPS) is 18.8. The maximum absolute atomic E-state index is 12.7. The Labute approximate surface area is 129 Å². The zero-order chi connectivity index (χ0) is 14.8. The van der Waals surface area contributed by atoms with Crippen LogP contribution < -0.4 is 0 Å². The summed E-state index contributed by atoms with van der Waals surface area (Å²) in [6, 6.07) is 8.15. The van der Waals surface area contributed by atoms with Crippen molar-refractivity contribution < 1.29 is 4.79 Å². The van der Waals surface area contributed by atoms with Gasteiger partial charge in [0.1, 0.15) is 0 Å². The third-order valence-electron chi connectivity index (χ3n) is 3.95. The first-order valence-electron chi connectivity index (χ1n) is 7.34. The highest BCUT2D eigenvalue weighted by atomic mass is 32.1. The lowest BCUT2D eigenvalue weighted by molar-refractivity contribution is 0.0678. The van der Waals surface area contributed by atoms with E-state index in [0.29, 0.717) is 11.6 Å². The van der Waals surface area contributed by atoms with Crippen molar-refractivity contribution in [2.24, 2.45) is 5.92 Å². The summed E-state index contributed by atoms with van der Waals surface area (Å²) in [5, 5.41) is 4.09. The van der Waals surface area contributed by atoms with Gasteiger partial charge >= 0.3 is 0 Å². The second kappa shape index (κ2) is 5.93. The zero-order valence-electron chi connectivity index (χ0n) is 12.4. The van der Waals surface area contributed by atoms with Gasteiger partial charge in [-0.25, -0.2) is 0 Å². The van der Waals surface area contributed by atoms with Crippen LogP contribution in [0.3, 0.4) is 0 Å². The first-order chi connectivity index (χ1) is 10.1. The van der Waals surface area contributed by atoms with Crippen LogP contribution in [0.2, 0.25) is 0 Å². The van der Waals surface area contributed by atoms with E-state index in [4.69, 9.17) is 0 Å². The molecule has 1 atom stereocenters. The third kappa shape index (κ3) is 2.97. The van der Waals surface area contributed by atoms with Gasteiger partial charge in [-0.3, -0.25) is 4.79 Å². The minimum atomic E-state index is 0.0193. The van der Waals surface area contributed by atoms with E-state index in [1.54, 1.807) is 0 Å². The fourth-order valence-corrected chi connectivity index (χ4v) is 3.41. The smallest absolute Gasteiger partial charge is 0.275 e. The van der Waals surface area contributed by atoms with Gasteiger partial charge in [-0.1, -0.05) is 41.2 Å². The molecule has 1 aliphatic rings. The summed E-state index contributed by atoms with van der Waals surface area (Å²) in [6.07, 6.45) is 2.27. The summed E-state index contributed by atoms with van der Waals surface area (Å²) in [5.74, 6) is 0.586. The number of hydrogen-bond donors (Lipinski definition) is 0. The SMILES string of the molecule is Cc1ccc(-c2snnc2C(=O)N2CCCC(C)C2)cc1. The largest absolute Gasteiger partial charge is 0.337 e. The number of hydrogen-bond acceptors (Lipinski definition) is 4. The van der Waals surface area contributed by atoms with Crippen LogP contribution in [-0.4, -0.2) is 33.5 Å². The van der Waals surface area contributed by atoms with Gasteiger partial charge in [0, 0.05) is 13.1 Å². The zero-order valence-corrected chi connectivity index (χ0v) is 13.2. The number of benzene rings is 1. The molecule has 3 rings (SSSR count). The molecule has 0 bridgehead atoms. The molecule has 21 heavy (non-hydrogen) atoms. The highest BCUT2D eigenvalue weighted by Crippen LogP contribution is 2.28. The lowest BCUT2D eigenvalue weighted by atomic mass is 10.00. The molecule has 0 saturated carbocycles. The van der Waals surface area contributed by atoms with E-state index in [0.717, 1.165) is 30.0 Å². The molecule has 0 spiro atoms. The number of amides is 1. The lowest BCUT2D eigenvalue weighted by Gasteiger charge is -2.30. The number of piperidine rings is 1. The molecule has 2 aromatic rings. The van der Waals surface area contributed by atoms with E-state index in [-0.39, 0.29) is 5.91 Å². The molecule has 110 valence electrons. The first kappa shape index (κ1) is 14.2. The average Bonchev–Trinajstić information content (AvgIpc) is 2.96. The number of aryl methyl sites for hydroxylation is 1. The molecule has 0 radical (unpaired) electrons. The van der Waals surface area contributed by atoms with Crippen LogP contribution in [0.1, 0.15) is 35.8 Å². The van der Waals surface area contributed by atoms with Gasteiger partial charge in [-0.05, 0) is 42.8 Å². The van der Waals surface area contributed by atoms with Crippen LogP contribution in [0.25, 0.3) is 10.4 Å². The Kier molecular flexibility index (Phi) is 4.01. The highest BCUT2D eigenvalue weighted by Gasteiger charge is 2.26. The molecule has 2 heterocycles. The van der Waals surface area contributed by atoms with Crippen molar-refractivity contribution in [3.05, 3.63) is 35.5 Å². The van der Waals surface area contributed by atoms with Crippen LogP contribution in [-0.2, 0) is 0 Å². The fourth-order valence-electron chi connectivity index (χ4n) is 2.75. The summed E-state index contributed by atoms with van der Waals surface area (Å²) in [6.45, 7) is 5.90. The molecule has 1 aromatic heterocycles. The molecular formula is C16H19N3OS. The Morgan fingerprint density at radius 2 is 2.10 bits per heavy atom. The van der Waals surface area contributed by atoms with Crippen molar-refractivity contribution in [3.63, 3.8) is 0 Å². The lowest BCUT2D eigenvalue weighted by Crippen LogP contribution is -2.39. The van der Waals surface area contributed by atoms with Gasteiger partial charge in [-0.2, -0.15) is 0 Å². The van der Waals surface area contributed by atoms with E-state index >= 15 is 0 Å². The summed E-state index contributed by atoms with van der Waals surface area (Å²) >= 11 is 1.29. The number of carbonyl (C=O) groups excluding carboxylic acids is 1. The number of likely N-dealkylation sites (tertiary alicyclic amines) is 1. The van der Waals surface area contributed by atoms with Crippen molar-refractivity contribution in [2.45, 2.75) is 26.7 Å². The molecule has 1 unspecified atom stereocenters. The molecule has 4 nitrogen and oxygen atoms in total. The van der Waals surface area contributed by atoms with Gasteiger partial charge in [0.15, 0.2) is 5.69 Å². The quantitative estimate of drug-likeness (QED) is 0.854. The summed E-state index contributed by atoms with van der Waals surface area (Å²) < 4.78 is 4.00. The first-order valence-corrected chi connectivity index (χ1v) is 8.11. The molecule has 1 aliphatic heterocycles. The second-order valence-electron chi connectivity index (χ2n) is 5.82. The van der Waals surface area contributed by atoms with Crippen molar-refractivity contribution in [3.8, 4) is 10.4 Å². The summed E-state index contributed by atoms with van der Waals surface area (Å²) in [4.78, 5) is 15.5. The molecule has 1 fully saturated rings. The summed E-state index contributed by atoms with van der Waals surface area (Å²) in [7, 11) is 0. The maximum atomic E-state index is 12.7. The maximum Gasteiger partial charge on any atom is 0.275 e. The van der Waals surface area contributed by atoms with Gasteiger partial charge < -0.3 is 4.90 Å². The van der Waals surface area contributed by atoms with Crippen molar-refractivity contribution >= 4 is 17.4 Å². The Morgan fingerprint density at radius 1 is 1.33 bits per heavy atom. The van der Waals surface area contributed by atoms with Gasteiger partial charge in [0.25, 0.3) is 5.91 Å². The predicted octanol–water partition coefficient (Wildman–Crippen LogP) is 3.39. The Bertz CT molecular complexity index is 635. The average molecular weight is 301 g/mol. The van der Waals surface area contributed by atoms with Gasteiger partial charge in [-0.15, -0.1) is 5.10 Å². The molecule has 5 heteroatoms. The topological polar surface area (TPSA) is 46.1 Å². The minimum Gasteiger partial charge on any atom is -0.337 e. The van der Waals surface area contributed by atoms with E-state index in [1.807, 2.05) is 29.2 Å². The van der Waals surface area contributed by atoms with E-state index in [2.05, 4.69) is 23.4 Å². The van der Waals surface area contributed by atoms with Crippen LogP contribution in [0.15, 0.2) is 24.3 Å². The van der Waals surface area contributed by atoms with E-state index in [9.17, 15) is 4.79 Å². The van der Waals surface area contributed by atoms with Crippen molar-refractivity contribution in [1.29, 1.82) is 0 Å². The van der Waals surface area contributed by atoms with E-state index < -0.39 is 0 Å². The monoisotopic (exact) mass is 301 g/mol. The van der Waals surface area contributed by atoms with Crippen LogP contribution in [0.5, 0.6) is 0 Å².